The highest BCUT2D eigenvalue weighted by Crippen LogP contribution is 2.52. The number of para-hydroxylation sites is 1. The van der Waals surface area contributed by atoms with Crippen LogP contribution in [0.4, 0.5) is 22.0 Å². The van der Waals surface area contributed by atoms with Crippen LogP contribution in [0.1, 0.15) is 35.4 Å². The molecule has 0 spiro atoms. The van der Waals surface area contributed by atoms with Crippen LogP contribution in [0.2, 0.25) is 0 Å². The minimum absolute atomic E-state index is 0.172. The van der Waals surface area contributed by atoms with Crippen molar-refractivity contribution in [1.29, 1.82) is 5.26 Å². The first kappa shape index (κ1) is 22.3. The largest absolute Gasteiger partial charge is 0.459 e. The molecule has 0 aliphatic carbocycles. The van der Waals surface area contributed by atoms with E-state index in [0.29, 0.717) is 12.2 Å². The van der Waals surface area contributed by atoms with Crippen LogP contribution >= 0.6 is 0 Å². The van der Waals surface area contributed by atoms with Gasteiger partial charge in [0.15, 0.2) is 0 Å². The van der Waals surface area contributed by atoms with Crippen LogP contribution in [0, 0.1) is 18.3 Å². The van der Waals surface area contributed by atoms with Crippen molar-refractivity contribution in [2.45, 2.75) is 38.4 Å². The lowest BCUT2D eigenvalue weighted by molar-refractivity contribution is -0.291. The van der Waals surface area contributed by atoms with E-state index >= 15 is 0 Å². The predicted octanol–water partition coefficient (Wildman–Crippen LogP) is 4.27. The molecule has 1 unspecified atom stereocenters. The van der Waals surface area contributed by atoms with Gasteiger partial charge in [0.25, 0.3) is 0 Å². The van der Waals surface area contributed by atoms with Crippen LogP contribution in [-0.2, 0) is 12.5 Å². The number of aromatic nitrogens is 4. The van der Waals surface area contributed by atoms with Gasteiger partial charge in [-0.2, -0.15) is 42.1 Å². The zero-order chi connectivity index (χ0) is 24.1. The van der Waals surface area contributed by atoms with E-state index in [1.54, 1.807) is 38.1 Å². The Morgan fingerprint density at radius 3 is 2.39 bits per heavy atom. The standard InChI is InChI=1S/C21H17F5N6O/c1-3-31-11(2)14(10-29-31)15-13(9-27)18(28)33-19-16(15)17(20(22,23)21(24,25)26)30-32(19)12-7-5-4-6-8-12/h4-8,10,15H,3,28H2,1-2H3. The number of aryl methyl sites for hydroxylation is 1. The Balaban J connectivity index is 2.10. The minimum atomic E-state index is -5.94. The van der Waals surface area contributed by atoms with Crippen LogP contribution < -0.4 is 10.5 Å². The number of halogens is 5. The van der Waals surface area contributed by atoms with Crippen LogP contribution in [0.15, 0.2) is 48.0 Å². The van der Waals surface area contributed by atoms with Gasteiger partial charge in [-0.3, -0.25) is 4.68 Å². The van der Waals surface area contributed by atoms with Crippen molar-refractivity contribution in [1.82, 2.24) is 19.6 Å². The number of nitrogens with two attached hydrogens (primary N) is 1. The first-order chi connectivity index (χ1) is 15.5. The summed E-state index contributed by atoms with van der Waals surface area (Å²) in [6, 6.07) is 9.46. The van der Waals surface area contributed by atoms with E-state index in [4.69, 9.17) is 10.5 Å². The normalized spacial score (nSPS) is 16.4. The Hall–Kier alpha value is -3.88. The van der Waals surface area contributed by atoms with Gasteiger partial charge in [-0.05, 0) is 26.0 Å². The fourth-order valence-corrected chi connectivity index (χ4v) is 3.82. The van der Waals surface area contributed by atoms with E-state index < -0.39 is 41.0 Å². The average Bonchev–Trinajstić information content (AvgIpc) is 3.33. The monoisotopic (exact) mass is 464 g/mol. The molecule has 7 nitrogen and oxygen atoms in total. The Kier molecular flexibility index (Phi) is 5.15. The molecule has 1 atom stereocenters. The number of alkyl halides is 5. The van der Waals surface area contributed by atoms with Crippen LogP contribution in [0.5, 0.6) is 5.88 Å². The number of benzene rings is 1. The molecule has 0 amide bonds. The summed E-state index contributed by atoms with van der Waals surface area (Å²) in [6.07, 6.45) is -4.62. The number of hydrogen-bond donors (Lipinski definition) is 1. The minimum Gasteiger partial charge on any atom is -0.422 e. The van der Waals surface area contributed by atoms with Gasteiger partial charge in [-0.25, -0.2) is 0 Å². The summed E-state index contributed by atoms with van der Waals surface area (Å²) in [5.41, 5.74) is 4.35. The van der Waals surface area contributed by atoms with Gasteiger partial charge in [0.05, 0.1) is 23.4 Å². The molecule has 0 radical (unpaired) electrons. The Morgan fingerprint density at radius 1 is 1.18 bits per heavy atom. The second kappa shape index (κ2) is 7.61. The van der Waals surface area contributed by atoms with E-state index in [1.807, 2.05) is 0 Å². The summed E-state index contributed by atoms with van der Waals surface area (Å²) in [4.78, 5) is 0. The van der Waals surface area contributed by atoms with E-state index in [2.05, 4.69) is 10.2 Å². The van der Waals surface area contributed by atoms with Crippen molar-refractivity contribution >= 4 is 0 Å². The third kappa shape index (κ3) is 3.31. The molecule has 1 aliphatic rings. The number of nitrogens with zero attached hydrogens (tertiary/aromatic N) is 5. The van der Waals surface area contributed by atoms with Crippen LogP contribution in [-0.4, -0.2) is 25.7 Å². The van der Waals surface area contributed by atoms with Crippen LogP contribution in [0.25, 0.3) is 5.69 Å². The molecule has 33 heavy (non-hydrogen) atoms. The molecule has 172 valence electrons. The fourth-order valence-electron chi connectivity index (χ4n) is 3.82. The van der Waals surface area contributed by atoms with Crippen molar-refractivity contribution < 1.29 is 26.7 Å². The van der Waals surface area contributed by atoms with Crippen molar-refractivity contribution in [3.8, 4) is 17.6 Å². The predicted molar refractivity (Wildman–Crippen MR) is 105 cm³/mol. The van der Waals surface area contributed by atoms with E-state index in [-0.39, 0.29) is 16.8 Å². The molecule has 0 bridgehead atoms. The number of rotatable bonds is 4. The van der Waals surface area contributed by atoms with E-state index in [9.17, 15) is 27.2 Å². The van der Waals surface area contributed by atoms with Gasteiger partial charge in [0.1, 0.15) is 17.3 Å². The number of hydrogen-bond acceptors (Lipinski definition) is 5. The van der Waals surface area contributed by atoms with Crippen molar-refractivity contribution in [3.05, 3.63) is 70.5 Å². The maximum atomic E-state index is 14.8. The molecular formula is C21H17F5N6O. The summed E-state index contributed by atoms with van der Waals surface area (Å²) in [7, 11) is 0. The molecule has 1 aliphatic heterocycles. The molecule has 12 heteroatoms. The maximum absolute atomic E-state index is 14.8. The topological polar surface area (TPSA) is 94.7 Å². The lowest BCUT2D eigenvalue weighted by Crippen LogP contribution is -2.36. The van der Waals surface area contributed by atoms with Crippen molar-refractivity contribution in [2.75, 3.05) is 0 Å². The molecule has 1 aromatic carbocycles. The summed E-state index contributed by atoms with van der Waals surface area (Å²) < 4.78 is 77.7. The Bertz CT molecular complexity index is 1280. The van der Waals surface area contributed by atoms with Gasteiger partial charge in [0.2, 0.25) is 11.8 Å². The van der Waals surface area contributed by atoms with Crippen LogP contribution in [0.3, 0.4) is 0 Å². The molecule has 4 rings (SSSR count). The van der Waals surface area contributed by atoms with Gasteiger partial charge in [0, 0.05) is 17.8 Å². The first-order valence-electron chi connectivity index (χ1n) is 9.76. The lowest BCUT2D eigenvalue weighted by Gasteiger charge is -2.26. The fraction of sp³-hybridized carbons (Fsp3) is 0.286. The zero-order valence-electron chi connectivity index (χ0n) is 17.4. The second-order valence-electron chi connectivity index (χ2n) is 7.31. The lowest BCUT2D eigenvalue weighted by atomic mass is 9.83. The molecule has 0 saturated heterocycles. The van der Waals surface area contributed by atoms with Crippen molar-refractivity contribution in [2.24, 2.45) is 5.73 Å². The summed E-state index contributed by atoms with van der Waals surface area (Å²) in [6.45, 7) is 3.82. The van der Waals surface area contributed by atoms with E-state index in [0.717, 1.165) is 4.68 Å². The van der Waals surface area contributed by atoms with Gasteiger partial charge >= 0.3 is 12.1 Å². The molecular weight excluding hydrogens is 447 g/mol. The molecule has 3 heterocycles. The highest BCUT2D eigenvalue weighted by molar-refractivity contribution is 5.58. The molecule has 0 fully saturated rings. The quantitative estimate of drug-likeness (QED) is 0.582. The zero-order valence-corrected chi connectivity index (χ0v) is 17.4. The smallest absolute Gasteiger partial charge is 0.422 e. The van der Waals surface area contributed by atoms with E-state index in [1.165, 1.54) is 23.0 Å². The molecule has 2 N–H and O–H groups in total. The third-order valence-electron chi connectivity index (χ3n) is 5.45. The summed E-state index contributed by atoms with van der Waals surface area (Å²) in [5, 5.41) is 17.5. The van der Waals surface area contributed by atoms with Gasteiger partial charge in [-0.1, -0.05) is 18.2 Å². The maximum Gasteiger partial charge on any atom is 0.459 e. The SMILES string of the molecule is CCn1ncc(C2C(C#N)=C(N)Oc3c2c(C(F)(F)C(F)(F)F)nn3-c2ccccc2)c1C. The highest BCUT2D eigenvalue weighted by atomic mass is 19.4. The average molecular weight is 464 g/mol. The number of allylic oxidation sites excluding steroid dienone is 1. The third-order valence-corrected chi connectivity index (χ3v) is 5.45. The summed E-state index contributed by atoms with van der Waals surface area (Å²) >= 11 is 0. The van der Waals surface area contributed by atoms with Crippen molar-refractivity contribution in [3.63, 3.8) is 0 Å². The first-order valence-corrected chi connectivity index (χ1v) is 9.76. The second-order valence-corrected chi connectivity index (χ2v) is 7.31. The number of ether oxygens (including phenoxy) is 1. The summed E-state index contributed by atoms with van der Waals surface area (Å²) in [5.74, 6) is -7.57. The molecule has 2 aromatic heterocycles. The highest BCUT2D eigenvalue weighted by Gasteiger charge is 2.63. The Labute approximate surface area is 184 Å². The van der Waals surface area contributed by atoms with Gasteiger partial charge < -0.3 is 10.5 Å². The van der Waals surface area contributed by atoms with Gasteiger partial charge in [-0.15, -0.1) is 0 Å². The molecule has 3 aromatic rings. The number of fused-ring (bicyclic) bond motifs is 1. The Morgan fingerprint density at radius 2 is 1.85 bits per heavy atom. The number of nitriles is 1. The molecule has 0 saturated carbocycles.